The molecule has 2 aliphatic rings. The van der Waals surface area contributed by atoms with E-state index in [1.807, 2.05) is 13.8 Å². The summed E-state index contributed by atoms with van der Waals surface area (Å²) in [6, 6.07) is 3.79. The molecule has 1 aromatic carbocycles. The van der Waals surface area contributed by atoms with Crippen LogP contribution in [0.4, 0.5) is 8.78 Å². The van der Waals surface area contributed by atoms with E-state index < -0.39 is 28.9 Å². The molecule has 1 heterocycles. The maximum Gasteiger partial charge on any atom is 0.336 e. The Morgan fingerprint density at radius 2 is 2.00 bits per heavy atom. The Bertz CT molecular complexity index is 868. The van der Waals surface area contributed by atoms with Gasteiger partial charge in [0.25, 0.3) is 0 Å². The van der Waals surface area contributed by atoms with Crippen LogP contribution in [0, 0.1) is 17.0 Å². The number of halogens is 2. The van der Waals surface area contributed by atoms with Crippen LogP contribution in [0.25, 0.3) is 0 Å². The molecule has 1 atom stereocenters. The van der Waals surface area contributed by atoms with Gasteiger partial charge in [-0.05, 0) is 25.8 Å². The summed E-state index contributed by atoms with van der Waals surface area (Å²) >= 11 is 0. The number of ketones is 1. The van der Waals surface area contributed by atoms with Crippen LogP contribution in [0.1, 0.15) is 45.1 Å². The molecule has 138 valence electrons. The molecule has 0 saturated heterocycles. The zero-order valence-electron chi connectivity index (χ0n) is 15.2. The predicted octanol–water partition coefficient (Wildman–Crippen LogP) is 3.74. The van der Waals surface area contributed by atoms with E-state index in [4.69, 9.17) is 4.74 Å². The van der Waals surface area contributed by atoms with E-state index in [0.29, 0.717) is 29.8 Å². The highest BCUT2D eigenvalue weighted by atomic mass is 19.2. The summed E-state index contributed by atoms with van der Waals surface area (Å²) in [5, 5.41) is 3.11. The molecule has 1 aliphatic heterocycles. The molecule has 4 nitrogen and oxygen atoms in total. The van der Waals surface area contributed by atoms with E-state index in [1.54, 1.807) is 6.92 Å². The largest absolute Gasteiger partial charge is 0.466 e. The van der Waals surface area contributed by atoms with E-state index >= 15 is 0 Å². The summed E-state index contributed by atoms with van der Waals surface area (Å²) in [5.41, 5.74) is 0.906. The van der Waals surface area contributed by atoms with Crippen molar-refractivity contribution in [3.05, 3.63) is 57.9 Å². The number of hydrogen-bond donors (Lipinski definition) is 1. The van der Waals surface area contributed by atoms with E-state index in [1.165, 1.54) is 19.2 Å². The van der Waals surface area contributed by atoms with Gasteiger partial charge in [0, 0.05) is 27.9 Å². The highest BCUT2D eigenvalue weighted by Gasteiger charge is 2.45. The molecular weight excluding hydrogens is 340 g/mol. The molecular formula is C20H21F2NO3. The molecule has 0 unspecified atom stereocenters. The Kier molecular flexibility index (Phi) is 4.46. The van der Waals surface area contributed by atoms with Gasteiger partial charge >= 0.3 is 5.97 Å². The first-order valence-electron chi connectivity index (χ1n) is 8.47. The van der Waals surface area contributed by atoms with E-state index in [0.717, 1.165) is 6.07 Å². The number of Topliss-reactive ketones (excluding diaryl/α,β-unsaturated/α-hetero) is 1. The number of carbonyl (C=O) groups is 2. The van der Waals surface area contributed by atoms with Crippen molar-refractivity contribution in [1.82, 2.24) is 5.32 Å². The van der Waals surface area contributed by atoms with Crippen molar-refractivity contribution < 1.29 is 23.1 Å². The number of allylic oxidation sites excluding steroid dienone is 3. The number of esters is 1. The third-order valence-electron chi connectivity index (χ3n) is 5.20. The number of dihydropyridines is 1. The fourth-order valence-corrected chi connectivity index (χ4v) is 3.71. The predicted molar refractivity (Wildman–Crippen MR) is 92.0 cm³/mol. The lowest BCUT2D eigenvalue weighted by Gasteiger charge is -2.39. The van der Waals surface area contributed by atoms with Crippen LogP contribution in [0.2, 0.25) is 0 Å². The molecule has 1 aromatic rings. The van der Waals surface area contributed by atoms with Crippen LogP contribution < -0.4 is 5.32 Å². The quantitative estimate of drug-likeness (QED) is 0.816. The van der Waals surface area contributed by atoms with Crippen molar-refractivity contribution in [3.63, 3.8) is 0 Å². The molecule has 6 heteroatoms. The molecule has 3 rings (SSSR count). The van der Waals surface area contributed by atoms with Crippen LogP contribution in [-0.2, 0) is 14.3 Å². The zero-order valence-corrected chi connectivity index (χ0v) is 15.2. The molecule has 0 amide bonds. The van der Waals surface area contributed by atoms with Gasteiger partial charge in [0.2, 0.25) is 0 Å². The Labute approximate surface area is 150 Å². The van der Waals surface area contributed by atoms with Crippen molar-refractivity contribution in [2.45, 2.75) is 39.5 Å². The lowest BCUT2D eigenvalue weighted by molar-refractivity contribution is -0.136. The first-order valence-corrected chi connectivity index (χ1v) is 8.47. The first kappa shape index (κ1) is 18.3. The number of hydrogen-bond acceptors (Lipinski definition) is 4. The zero-order chi connectivity index (χ0) is 19.2. The SMILES string of the molecule is COC(=O)C1=C(C)NC2=C(C(=O)C(C)(C)CC2)[C@H]1c1cccc(F)c1F. The number of benzene rings is 1. The third kappa shape index (κ3) is 2.73. The second-order valence-electron chi connectivity index (χ2n) is 7.34. The summed E-state index contributed by atoms with van der Waals surface area (Å²) < 4.78 is 33.4. The first-order chi connectivity index (χ1) is 12.2. The van der Waals surface area contributed by atoms with Crippen molar-refractivity contribution in [3.8, 4) is 0 Å². The van der Waals surface area contributed by atoms with Gasteiger partial charge in [0.15, 0.2) is 17.4 Å². The van der Waals surface area contributed by atoms with Crippen molar-refractivity contribution in [2.75, 3.05) is 7.11 Å². The van der Waals surface area contributed by atoms with Gasteiger partial charge in [-0.15, -0.1) is 0 Å². The monoisotopic (exact) mass is 361 g/mol. The standard InChI is InChI=1S/C20H21F2NO3/c1-10-14(19(25)26-4)15(11-6-5-7-12(21)17(11)22)16-13(23-10)8-9-20(2,3)18(16)24/h5-7,15,23H,8-9H2,1-4H3/t15-/m0/s1. The number of carbonyl (C=O) groups excluding carboxylic acids is 2. The summed E-state index contributed by atoms with van der Waals surface area (Å²) in [6.07, 6.45) is 1.23. The van der Waals surface area contributed by atoms with E-state index in [-0.39, 0.29) is 16.9 Å². The maximum atomic E-state index is 14.6. The molecule has 0 bridgehead atoms. The second kappa shape index (κ2) is 6.34. The Morgan fingerprint density at radius 3 is 2.65 bits per heavy atom. The highest BCUT2D eigenvalue weighted by molar-refractivity contribution is 6.06. The maximum absolute atomic E-state index is 14.6. The Balaban J connectivity index is 2.29. The summed E-state index contributed by atoms with van der Waals surface area (Å²) in [7, 11) is 1.22. The van der Waals surface area contributed by atoms with Crippen LogP contribution in [0.15, 0.2) is 40.7 Å². The molecule has 0 fully saturated rings. The van der Waals surface area contributed by atoms with Gasteiger partial charge in [0.1, 0.15) is 0 Å². The lowest BCUT2D eigenvalue weighted by atomic mass is 9.67. The van der Waals surface area contributed by atoms with Crippen molar-refractivity contribution >= 4 is 11.8 Å². The van der Waals surface area contributed by atoms with Crippen molar-refractivity contribution in [1.29, 1.82) is 0 Å². The van der Waals surface area contributed by atoms with Gasteiger partial charge in [-0.1, -0.05) is 26.0 Å². The summed E-state index contributed by atoms with van der Waals surface area (Å²) in [4.78, 5) is 25.6. The van der Waals surface area contributed by atoms with Crippen LogP contribution in [0.3, 0.4) is 0 Å². The number of nitrogens with one attached hydrogen (secondary N) is 1. The summed E-state index contributed by atoms with van der Waals surface area (Å²) in [5.74, 6) is -3.93. The number of methoxy groups -OCH3 is 1. The molecule has 26 heavy (non-hydrogen) atoms. The third-order valence-corrected chi connectivity index (χ3v) is 5.20. The highest BCUT2D eigenvalue weighted by Crippen LogP contribution is 2.47. The van der Waals surface area contributed by atoms with Gasteiger partial charge in [-0.2, -0.15) is 0 Å². The minimum atomic E-state index is -1.06. The van der Waals surface area contributed by atoms with E-state index in [2.05, 4.69) is 5.32 Å². The van der Waals surface area contributed by atoms with Crippen LogP contribution >= 0.6 is 0 Å². The molecule has 0 aromatic heterocycles. The van der Waals surface area contributed by atoms with E-state index in [9.17, 15) is 18.4 Å². The molecule has 1 N–H and O–H groups in total. The normalized spacial score (nSPS) is 22.1. The average molecular weight is 361 g/mol. The smallest absolute Gasteiger partial charge is 0.336 e. The number of ether oxygens (including phenoxy) is 1. The fraction of sp³-hybridized carbons (Fsp3) is 0.400. The van der Waals surface area contributed by atoms with Gasteiger partial charge < -0.3 is 10.1 Å². The second-order valence-corrected chi connectivity index (χ2v) is 7.34. The van der Waals surface area contributed by atoms with Crippen LogP contribution in [-0.4, -0.2) is 18.9 Å². The van der Waals surface area contributed by atoms with Gasteiger partial charge in [0.05, 0.1) is 18.6 Å². The average Bonchev–Trinajstić information content (AvgIpc) is 2.59. The van der Waals surface area contributed by atoms with Crippen LogP contribution in [0.5, 0.6) is 0 Å². The molecule has 0 radical (unpaired) electrons. The topological polar surface area (TPSA) is 55.4 Å². The molecule has 0 spiro atoms. The van der Waals surface area contributed by atoms with Crippen molar-refractivity contribution in [2.24, 2.45) is 5.41 Å². The summed E-state index contributed by atoms with van der Waals surface area (Å²) in [6.45, 7) is 5.31. The minimum absolute atomic E-state index is 0.0372. The molecule has 1 aliphatic carbocycles. The van der Waals surface area contributed by atoms with Gasteiger partial charge in [-0.3, -0.25) is 4.79 Å². The molecule has 0 saturated carbocycles. The van der Waals surface area contributed by atoms with Gasteiger partial charge in [-0.25, -0.2) is 13.6 Å². The number of rotatable bonds is 2. The Morgan fingerprint density at radius 1 is 1.31 bits per heavy atom. The lowest BCUT2D eigenvalue weighted by Crippen LogP contribution is -2.40. The Hall–Kier alpha value is -2.50. The minimum Gasteiger partial charge on any atom is -0.466 e. The fourth-order valence-electron chi connectivity index (χ4n) is 3.71.